The van der Waals surface area contributed by atoms with Crippen molar-refractivity contribution in [2.24, 2.45) is 0 Å². The Kier molecular flexibility index (Phi) is 2.02. The van der Waals surface area contributed by atoms with Crippen molar-refractivity contribution in [1.29, 1.82) is 0 Å². The van der Waals surface area contributed by atoms with Gasteiger partial charge in [0.15, 0.2) is 0 Å². The van der Waals surface area contributed by atoms with Crippen LogP contribution in [0.5, 0.6) is 0 Å². The molecule has 0 radical (unpaired) electrons. The Hall–Kier alpha value is -0.990. The minimum Gasteiger partial charge on any atom is -0.382 e. The topological polar surface area (TPSA) is 54.7 Å². The number of nitrogens with zero attached hydrogens (tertiary/aromatic N) is 1. The zero-order valence-corrected chi connectivity index (χ0v) is 7.21. The summed E-state index contributed by atoms with van der Waals surface area (Å²) in [4.78, 5) is 0. The van der Waals surface area contributed by atoms with Gasteiger partial charge in [-0.25, -0.2) is 0 Å². The van der Waals surface area contributed by atoms with Gasteiger partial charge in [0.2, 0.25) is 0 Å². The quantitative estimate of drug-likeness (QED) is 0.669. The second kappa shape index (κ2) is 3.17. The van der Waals surface area contributed by atoms with Crippen LogP contribution in [0.15, 0.2) is 6.07 Å². The van der Waals surface area contributed by atoms with Gasteiger partial charge in [-0.05, 0) is 12.8 Å². The summed E-state index contributed by atoms with van der Waals surface area (Å²) >= 11 is 0. The Morgan fingerprint density at radius 2 is 2.08 bits per heavy atom. The smallest absolute Gasteiger partial charge is 0.145 e. The van der Waals surface area contributed by atoms with E-state index in [4.69, 9.17) is 5.73 Å². The summed E-state index contributed by atoms with van der Waals surface area (Å²) in [6, 6.07) is 1.97. The van der Waals surface area contributed by atoms with Crippen LogP contribution < -0.4 is 5.73 Å². The Balaban J connectivity index is 2.08. The molecular formula is C9H15N3. The Morgan fingerprint density at radius 1 is 1.33 bits per heavy atom. The minimum absolute atomic E-state index is 0.621. The summed E-state index contributed by atoms with van der Waals surface area (Å²) in [5, 5.41) is 6.94. The molecule has 1 aromatic rings. The highest BCUT2D eigenvalue weighted by Crippen LogP contribution is 2.31. The first-order chi connectivity index (χ1) is 5.86. The van der Waals surface area contributed by atoms with Crippen LogP contribution in [-0.2, 0) is 0 Å². The number of aromatic amines is 1. The standard InChI is InChI=1S/C9H15N3/c10-9-6-8(11-12-9)7-4-2-1-3-5-7/h6-7H,1-5H2,(H3,10,11,12). The maximum atomic E-state index is 5.54. The minimum atomic E-state index is 0.621. The van der Waals surface area contributed by atoms with Crippen molar-refractivity contribution >= 4 is 5.82 Å². The van der Waals surface area contributed by atoms with Crippen molar-refractivity contribution in [2.45, 2.75) is 38.0 Å². The van der Waals surface area contributed by atoms with E-state index in [0.29, 0.717) is 11.7 Å². The molecule has 3 N–H and O–H groups in total. The lowest BCUT2D eigenvalue weighted by molar-refractivity contribution is 0.436. The van der Waals surface area contributed by atoms with E-state index in [1.54, 1.807) is 0 Å². The summed E-state index contributed by atoms with van der Waals surface area (Å²) in [7, 11) is 0. The fourth-order valence-electron chi connectivity index (χ4n) is 1.98. The number of anilines is 1. The molecule has 0 spiro atoms. The van der Waals surface area contributed by atoms with Crippen LogP contribution in [0.4, 0.5) is 5.82 Å². The second-order valence-electron chi connectivity index (χ2n) is 3.58. The summed E-state index contributed by atoms with van der Waals surface area (Å²) in [5.41, 5.74) is 6.77. The summed E-state index contributed by atoms with van der Waals surface area (Å²) in [6.45, 7) is 0. The van der Waals surface area contributed by atoms with E-state index in [9.17, 15) is 0 Å². The van der Waals surface area contributed by atoms with E-state index in [1.807, 2.05) is 6.07 Å². The van der Waals surface area contributed by atoms with Gasteiger partial charge in [-0.1, -0.05) is 19.3 Å². The lowest BCUT2D eigenvalue weighted by Gasteiger charge is -2.19. The van der Waals surface area contributed by atoms with E-state index in [2.05, 4.69) is 10.2 Å². The SMILES string of the molecule is Nc1cc(C2CCCCC2)[nH]n1. The third-order valence-electron chi connectivity index (χ3n) is 2.66. The van der Waals surface area contributed by atoms with Crippen molar-refractivity contribution in [3.8, 4) is 0 Å². The molecule has 1 aliphatic carbocycles. The van der Waals surface area contributed by atoms with Crippen LogP contribution in [0.2, 0.25) is 0 Å². The zero-order chi connectivity index (χ0) is 8.39. The molecule has 1 heterocycles. The molecule has 0 aromatic carbocycles. The normalized spacial score (nSPS) is 19.7. The predicted octanol–water partition coefficient (Wildman–Crippen LogP) is 2.04. The molecule has 2 rings (SSSR count). The maximum Gasteiger partial charge on any atom is 0.145 e. The van der Waals surface area contributed by atoms with Crippen molar-refractivity contribution in [3.05, 3.63) is 11.8 Å². The predicted molar refractivity (Wildman–Crippen MR) is 48.8 cm³/mol. The maximum absolute atomic E-state index is 5.54. The molecule has 0 bridgehead atoms. The molecule has 0 amide bonds. The molecule has 0 saturated heterocycles. The van der Waals surface area contributed by atoms with Gasteiger partial charge in [-0.3, -0.25) is 5.10 Å². The number of H-pyrrole nitrogens is 1. The molecule has 0 atom stereocenters. The van der Waals surface area contributed by atoms with Gasteiger partial charge in [-0.15, -0.1) is 0 Å². The third kappa shape index (κ3) is 1.44. The number of hydrogen-bond donors (Lipinski definition) is 2. The average molecular weight is 165 g/mol. The zero-order valence-electron chi connectivity index (χ0n) is 7.21. The monoisotopic (exact) mass is 165 g/mol. The molecule has 12 heavy (non-hydrogen) atoms. The summed E-state index contributed by atoms with van der Waals surface area (Å²) in [5.74, 6) is 1.30. The summed E-state index contributed by atoms with van der Waals surface area (Å²) < 4.78 is 0. The van der Waals surface area contributed by atoms with Crippen molar-refractivity contribution in [3.63, 3.8) is 0 Å². The van der Waals surface area contributed by atoms with Crippen molar-refractivity contribution in [1.82, 2.24) is 10.2 Å². The van der Waals surface area contributed by atoms with E-state index in [0.717, 1.165) is 0 Å². The Bertz CT molecular complexity index is 248. The lowest BCUT2D eigenvalue weighted by atomic mass is 9.87. The van der Waals surface area contributed by atoms with Gasteiger partial charge in [-0.2, -0.15) is 5.10 Å². The van der Waals surface area contributed by atoms with Gasteiger partial charge in [0.05, 0.1) is 0 Å². The lowest BCUT2D eigenvalue weighted by Crippen LogP contribution is -2.04. The third-order valence-corrected chi connectivity index (χ3v) is 2.66. The van der Waals surface area contributed by atoms with Gasteiger partial charge >= 0.3 is 0 Å². The Morgan fingerprint density at radius 3 is 2.67 bits per heavy atom. The fourth-order valence-corrected chi connectivity index (χ4v) is 1.98. The van der Waals surface area contributed by atoms with Crippen LogP contribution in [0.1, 0.15) is 43.7 Å². The van der Waals surface area contributed by atoms with E-state index in [-0.39, 0.29) is 0 Å². The molecule has 1 saturated carbocycles. The number of rotatable bonds is 1. The largest absolute Gasteiger partial charge is 0.382 e. The Labute approximate surface area is 72.4 Å². The van der Waals surface area contributed by atoms with Gasteiger partial charge in [0.1, 0.15) is 5.82 Å². The first kappa shape index (κ1) is 7.65. The number of nitrogens with two attached hydrogens (primary N) is 1. The molecule has 1 aromatic heterocycles. The fraction of sp³-hybridized carbons (Fsp3) is 0.667. The first-order valence-electron chi connectivity index (χ1n) is 4.67. The van der Waals surface area contributed by atoms with Crippen molar-refractivity contribution < 1.29 is 0 Å². The van der Waals surface area contributed by atoms with Crippen molar-refractivity contribution in [2.75, 3.05) is 5.73 Å². The van der Waals surface area contributed by atoms with Gasteiger partial charge in [0, 0.05) is 17.7 Å². The molecule has 66 valence electrons. The van der Waals surface area contributed by atoms with Crippen LogP contribution >= 0.6 is 0 Å². The highest BCUT2D eigenvalue weighted by atomic mass is 15.2. The highest BCUT2D eigenvalue weighted by Gasteiger charge is 2.16. The van der Waals surface area contributed by atoms with Gasteiger partial charge < -0.3 is 5.73 Å². The van der Waals surface area contributed by atoms with Crippen LogP contribution in [0, 0.1) is 0 Å². The van der Waals surface area contributed by atoms with E-state index >= 15 is 0 Å². The van der Waals surface area contributed by atoms with Crippen LogP contribution in [0.25, 0.3) is 0 Å². The molecular weight excluding hydrogens is 150 g/mol. The van der Waals surface area contributed by atoms with E-state index < -0.39 is 0 Å². The number of hydrogen-bond acceptors (Lipinski definition) is 2. The molecule has 1 aliphatic rings. The second-order valence-corrected chi connectivity index (χ2v) is 3.58. The highest BCUT2D eigenvalue weighted by molar-refractivity contribution is 5.30. The molecule has 1 fully saturated rings. The molecule has 0 aliphatic heterocycles. The first-order valence-corrected chi connectivity index (χ1v) is 4.67. The molecule has 3 nitrogen and oxygen atoms in total. The number of nitrogen functional groups attached to an aromatic ring is 1. The van der Waals surface area contributed by atoms with Crippen LogP contribution in [0.3, 0.4) is 0 Å². The number of nitrogens with one attached hydrogen (secondary N) is 1. The average Bonchev–Trinajstić information content (AvgIpc) is 2.54. The molecule has 3 heteroatoms. The van der Waals surface area contributed by atoms with Crippen LogP contribution in [-0.4, -0.2) is 10.2 Å². The summed E-state index contributed by atoms with van der Waals surface area (Å²) in [6.07, 6.45) is 6.68. The molecule has 0 unspecified atom stereocenters. The van der Waals surface area contributed by atoms with E-state index in [1.165, 1.54) is 37.8 Å². The number of aromatic nitrogens is 2. The van der Waals surface area contributed by atoms with Gasteiger partial charge in [0.25, 0.3) is 0 Å².